The van der Waals surface area contributed by atoms with Gasteiger partial charge in [0, 0.05) is 50.5 Å². The molecule has 5 rings (SSSR count). The zero-order valence-electron chi connectivity index (χ0n) is 20.6. The number of nitrogens with zero attached hydrogens (tertiary/aromatic N) is 5. The molecule has 0 unspecified atom stereocenters. The van der Waals surface area contributed by atoms with Crippen molar-refractivity contribution < 1.29 is 14.4 Å². The van der Waals surface area contributed by atoms with E-state index in [9.17, 15) is 14.4 Å². The van der Waals surface area contributed by atoms with Crippen molar-refractivity contribution in [2.45, 2.75) is 57.7 Å². The van der Waals surface area contributed by atoms with Crippen LogP contribution in [0.5, 0.6) is 0 Å². The zero-order chi connectivity index (χ0) is 24.6. The van der Waals surface area contributed by atoms with Crippen LogP contribution in [-0.2, 0) is 11.3 Å². The van der Waals surface area contributed by atoms with Crippen LogP contribution < -0.4 is 10.2 Å². The lowest BCUT2D eigenvalue weighted by atomic mass is 9.94. The van der Waals surface area contributed by atoms with E-state index in [0.29, 0.717) is 25.3 Å². The zero-order valence-corrected chi connectivity index (χ0v) is 20.6. The van der Waals surface area contributed by atoms with Gasteiger partial charge in [0.15, 0.2) is 5.69 Å². The minimum absolute atomic E-state index is 0.148. The van der Waals surface area contributed by atoms with Crippen molar-refractivity contribution in [3.8, 4) is 0 Å². The molecule has 1 saturated carbocycles. The molecule has 1 atom stereocenters. The number of rotatable bonds is 5. The number of carbonyl (C=O) groups excluding carboxylic acids is 3. The van der Waals surface area contributed by atoms with Gasteiger partial charge in [-0.25, -0.2) is 0 Å². The molecule has 1 aliphatic carbocycles. The summed E-state index contributed by atoms with van der Waals surface area (Å²) in [7, 11) is 0. The predicted octanol–water partition coefficient (Wildman–Crippen LogP) is 2.14. The van der Waals surface area contributed by atoms with E-state index in [2.05, 4.69) is 27.4 Å². The first-order chi connectivity index (χ1) is 16.9. The second-order valence-electron chi connectivity index (χ2n) is 9.97. The topological polar surface area (TPSA) is 90.8 Å². The molecule has 3 aliphatic rings. The molecule has 0 bridgehead atoms. The first-order valence-corrected chi connectivity index (χ1v) is 12.7. The van der Waals surface area contributed by atoms with Crippen LogP contribution in [0.3, 0.4) is 0 Å². The monoisotopic (exact) mass is 478 g/mol. The van der Waals surface area contributed by atoms with Gasteiger partial charge in [-0.15, -0.1) is 0 Å². The summed E-state index contributed by atoms with van der Waals surface area (Å²) in [6.07, 6.45) is 4.19. The third kappa shape index (κ3) is 4.28. The lowest BCUT2D eigenvalue weighted by Crippen LogP contribution is -2.64. The second kappa shape index (κ2) is 9.36. The van der Waals surface area contributed by atoms with Gasteiger partial charge in [-0.05, 0) is 38.8 Å². The first-order valence-electron chi connectivity index (χ1n) is 12.7. The molecule has 9 nitrogen and oxygen atoms in total. The number of benzene rings is 1. The molecule has 2 aromatic rings. The number of nitrogens with one attached hydrogen (secondary N) is 1. The Bertz CT molecular complexity index is 1100. The molecule has 0 radical (unpaired) electrons. The number of hydrogen-bond donors (Lipinski definition) is 1. The fourth-order valence-electron chi connectivity index (χ4n) is 5.62. The van der Waals surface area contributed by atoms with Gasteiger partial charge < -0.3 is 20.0 Å². The number of fused-ring (bicyclic) bond motifs is 1. The fourth-order valence-corrected chi connectivity index (χ4v) is 5.62. The number of para-hydroxylation sites is 1. The molecule has 2 aliphatic heterocycles. The number of anilines is 1. The van der Waals surface area contributed by atoms with Gasteiger partial charge in [0.2, 0.25) is 5.91 Å². The van der Waals surface area contributed by atoms with Gasteiger partial charge in [-0.2, -0.15) is 5.10 Å². The largest absolute Gasteiger partial charge is 0.368 e. The number of amides is 3. The molecule has 1 saturated heterocycles. The average Bonchev–Trinajstić information content (AvgIpc) is 3.54. The van der Waals surface area contributed by atoms with Crippen LogP contribution in [0, 0.1) is 0 Å². The van der Waals surface area contributed by atoms with Gasteiger partial charge in [-0.1, -0.05) is 31.0 Å². The molecule has 3 amide bonds. The molecule has 186 valence electrons. The average molecular weight is 479 g/mol. The third-order valence-electron chi connectivity index (χ3n) is 7.70. The van der Waals surface area contributed by atoms with E-state index in [1.807, 2.05) is 25.1 Å². The van der Waals surface area contributed by atoms with Crippen molar-refractivity contribution in [1.29, 1.82) is 0 Å². The van der Waals surface area contributed by atoms with E-state index >= 15 is 0 Å². The molecular formula is C26H34N6O3. The highest BCUT2D eigenvalue weighted by atomic mass is 16.2. The van der Waals surface area contributed by atoms with Crippen LogP contribution in [0.15, 0.2) is 36.4 Å². The Morgan fingerprint density at radius 1 is 1.09 bits per heavy atom. The van der Waals surface area contributed by atoms with E-state index in [1.54, 1.807) is 27.5 Å². The molecule has 2 fully saturated rings. The Labute approximate surface area is 206 Å². The maximum atomic E-state index is 13.4. The van der Waals surface area contributed by atoms with Crippen LogP contribution >= 0.6 is 0 Å². The Balaban J connectivity index is 1.31. The van der Waals surface area contributed by atoms with Crippen molar-refractivity contribution in [2.24, 2.45) is 0 Å². The predicted molar refractivity (Wildman–Crippen MR) is 132 cm³/mol. The number of piperazine rings is 1. The van der Waals surface area contributed by atoms with Gasteiger partial charge in [0.25, 0.3) is 11.8 Å². The minimum atomic E-state index is -1.05. The summed E-state index contributed by atoms with van der Waals surface area (Å²) in [6.45, 7) is 6.98. The summed E-state index contributed by atoms with van der Waals surface area (Å²) in [5, 5.41) is 7.67. The summed E-state index contributed by atoms with van der Waals surface area (Å²) in [4.78, 5) is 45.6. The van der Waals surface area contributed by atoms with Gasteiger partial charge in [-0.3, -0.25) is 19.1 Å². The van der Waals surface area contributed by atoms with Crippen LogP contribution in [0.2, 0.25) is 0 Å². The molecule has 1 N–H and O–H groups in total. The number of hydrogen-bond acceptors (Lipinski definition) is 5. The van der Waals surface area contributed by atoms with Crippen molar-refractivity contribution in [1.82, 2.24) is 24.9 Å². The molecule has 1 aromatic heterocycles. The number of carbonyl (C=O) groups is 3. The lowest BCUT2D eigenvalue weighted by molar-refractivity contribution is -0.133. The van der Waals surface area contributed by atoms with Crippen LogP contribution in [0.1, 0.15) is 60.5 Å². The molecule has 0 spiro atoms. The van der Waals surface area contributed by atoms with Gasteiger partial charge >= 0.3 is 0 Å². The summed E-state index contributed by atoms with van der Waals surface area (Å²) >= 11 is 0. The van der Waals surface area contributed by atoms with Gasteiger partial charge in [0.05, 0.1) is 6.54 Å². The SMILES string of the molecule is CCN1C(=O)c2cc(C(=O)N3CCN(c4ccccc4)CC3)nn2C[C@@]1(C)C(=O)NC1CCCC1. The second-order valence-corrected chi connectivity index (χ2v) is 9.97. The third-order valence-corrected chi connectivity index (χ3v) is 7.70. The molecule has 35 heavy (non-hydrogen) atoms. The van der Waals surface area contributed by atoms with E-state index in [1.165, 1.54) is 0 Å². The highest BCUT2D eigenvalue weighted by Gasteiger charge is 2.48. The van der Waals surface area contributed by atoms with Gasteiger partial charge in [0.1, 0.15) is 11.2 Å². The van der Waals surface area contributed by atoms with Crippen LogP contribution in [-0.4, -0.2) is 81.6 Å². The van der Waals surface area contributed by atoms with Crippen LogP contribution in [0.4, 0.5) is 5.69 Å². The van der Waals surface area contributed by atoms with Crippen LogP contribution in [0.25, 0.3) is 0 Å². The normalized spacial score (nSPS) is 22.9. The smallest absolute Gasteiger partial charge is 0.274 e. The lowest BCUT2D eigenvalue weighted by Gasteiger charge is -2.43. The van der Waals surface area contributed by atoms with Crippen molar-refractivity contribution >= 4 is 23.4 Å². The Morgan fingerprint density at radius 2 is 1.77 bits per heavy atom. The maximum Gasteiger partial charge on any atom is 0.274 e. The highest BCUT2D eigenvalue weighted by Crippen LogP contribution is 2.29. The fraction of sp³-hybridized carbons (Fsp3) is 0.538. The maximum absolute atomic E-state index is 13.4. The molecular weight excluding hydrogens is 444 g/mol. The quantitative estimate of drug-likeness (QED) is 0.711. The highest BCUT2D eigenvalue weighted by molar-refractivity contribution is 6.02. The van der Waals surface area contributed by atoms with E-state index in [-0.39, 0.29) is 36.0 Å². The van der Waals surface area contributed by atoms with E-state index < -0.39 is 5.54 Å². The summed E-state index contributed by atoms with van der Waals surface area (Å²) in [5.41, 5.74) is 0.731. The molecule has 1 aromatic carbocycles. The number of aromatic nitrogens is 2. The molecule has 3 heterocycles. The van der Waals surface area contributed by atoms with E-state index in [0.717, 1.165) is 44.5 Å². The Hall–Kier alpha value is -3.36. The minimum Gasteiger partial charge on any atom is -0.368 e. The van der Waals surface area contributed by atoms with E-state index in [4.69, 9.17) is 0 Å². The standard InChI is InChI=1S/C26H34N6O3/c1-3-31-24(34)22-17-21(23(33)30-15-13-29(14-16-30)20-11-5-4-6-12-20)28-32(22)18-26(31,2)25(35)27-19-9-7-8-10-19/h4-6,11-12,17,19H,3,7-10,13-16,18H2,1-2H3,(H,27,35)/t26-/m0/s1. The van der Waals surface area contributed by atoms with Crippen molar-refractivity contribution in [3.05, 3.63) is 47.8 Å². The summed E-state index contributed by atoms with van der Waals surface area (Å²) in [6, 6.07) is 11.9. The number of likely N-dealkylation sites (N-methyl/N-ethyl adjacent to an activating group) is 1. The Kier molecular flexibility index (Phi) is 6.25. The molecule has 9 heteroatoms. The Morgan fingerprint density at radius 3 is 2.43 bits per heavy atom. The summed E-state index contributed by atoms with van der Waals surface area (Å²) in [5.74, 6) is -0.582. The summed E-state index contributed by atoms with van der Waals surface area (Å²) < 4.78 is 1.55. The van der Waals surface area contributed by atoms with Crippen molar-refractivity contribution in [3.63, 3.8) is 0 Å². The first kappa shape index (κ1) is 23.4. The van der Waals surface area contributed by atoms with Crippen molar-refractivity contribution in [2.75, 3.05) is 37.6 Å².